The SMILES string of the molecule is CNCC(C)(C)COCC(C)(C)CN(N)/C=C(/C)N. The molecule has 0 aromatic carbocycles. The summed E-state index contributed by atoms with van der Waals surface area (Å²) in [5.41, 5.74) is 6.43. The van der Waals surface area contributed by atoms with E-state index in [4.69, 9.17) is 16.3 Å². The third kappa shape index (κ3) is 9.76. The van der Waals surface area contributed by atoms with Crippen molar-refractivity contribution in [2.75, 3.05) is 33.4 Å². The van der Waals surface area contributed by atoms with Crippen molar-refractivity contribution in [2.45, 2.75) is 34.6 Å². The van der Waals surface area contributed by atoms with Gasteiger partial charge in [-0.15, -0.1) is 0 Å². The van der Waals surface area contributed by atoms with Gasteiger partial charge in [0.05, 0.1) is 13.2 Å². The van der Waals surface area contributed by atoms with Crippen LogP contribution in [0.1, 0.15) is 34.6 Å². The van der Waals surface area contributed by atoms with Crippen LogP contribution in [0, 0.1) is 10.8 Å². The predicted octanol–water partition coefficient (Wildman–Crippen LogP) is 1.27. The summed E-state index contributed by atoms with van der Waals surface area (Å²) in [7, 11) is 1.96. The van der Waals surface area contributed by atoms with Crippen molar-refractivity contribution in [1.82, 2.24) is 10.3 Å². The summed E-state index contributed by atoms with van der Waals surface area (Å²) in [5.74, 6) is 5.88. The molecule has 0 amide bonds. The highest BCUT2D eigenvalue weighted by Crippen LogP contribution is 2.20. The molecule has 114 valence electrons. The lowest BCUT2D eigenvalue weighted by molar-refractivity contribution is 0.00745. The highest BCUT2D eigenvalue weighted by molar-refractivity contribution is 4.90. The Balaban J connectivity index is 4.13. The fourth-order valence-corrected chi connectivity index (χ4v) is 1.98. The van der Waals surface area contributed by atoms with Gasteiger partial charge in [0.15, 0.2) is 0 Å². The summed E-state index contributed by atoms with van der Waals surface area (Å²) >= 11 is 0. The number of hydrogen-bond donors (Lipinski definition) is 3. The van der Waals surface area contributed by atoms with Gasteiger partial charge in [-0.2, -0.15) is 0 Å². The third-order valence-electron chi connectivity index (χ3n) is 2.62. The number of rotatable bonds is 9. The van der Waals surface area contributed by atoms with Gasteiger partial charge >= 0.3 is 0 Å². The number of hydrogen-bond acceptors (Lipinski definition) is 5. The van der Waals surface area contributed by atoms with Crippen LogP contribution in [0.2, 0.25) is 0 Å². The first-order valence-corrected chi connectivity index (χ1v) is 6.76. The van der Waals surface area contributed by atoms with E-state index in [0.717, 1.165) is 13.2 Å². The number of nitrogens with zero attached hydrogens (tertiary/aromatic N) is 1. The van der Waals surface area contributed by atoms with E-state index in [9.17, 15) is 0 Å². The van der Waals surface area contributed by atoms with Crippen molar-refractivity contribution in [1.29, 1.82) is 0 Å². The van der Waals surface area contributed by atoms with E-state index < -0.39 is 0 Å². The van der Waals surface area contributed by atoms with E-state index in [1.54, 1.807) is 11.2 Å². The quantitative estimate of drug-likeness (QED) is 0.435. The molecule has 0 fully saturated rings. The molecule has 0 unspecified atom stereocenters. The molecule has 0 aromatic heterocycles. The molecule has 0 aromatic rings. The first kappa shape index (κ1) is 18.2. The molecular weight excluding hydrogens is 240 g/mol. The number of hydrazine groups is 1. The monoisotopic (exact) mass is 272 g/mol. The smallest absolute Gasteiger partial charge is 0.0534 e. The van der Waals surface area contributed by atoms with Crippen LogP contribution in [0.4, 0.5) is 0 Å². The van der Waals surface area contributed by atoms with Crippen LogP contribution in [0.15, 0.2) is 11.9 Å². The van der Waals surface area contributed by atoms with E-state index in [1.807, 2.05) is 14.0 Å². The van der Waals surface area contributed by atoms with Gasteiger partial charge in [-0.05, 0) is 14.0 Å². The average Bonchev–Trinajstić information content (AvgIpc) is 2.13. The zero-order chi connectivity index (χ0) is 15.1. The number of nitrogens with one attached hydrogen (secondary N) is 1. The molecule has 5 nitrogen and oxygen atoms in total. The summed E-state index contributed by atoms with van der Waals surface area (Å²) < 4.78 is 5.85. The molecule has 0 aliphatic carbocycles. The van der Waals surface area contributed by atoms with E-state index in [0.29, 0.717) is 18.8 Å². The maximum atomic E-state index is 5.88. The van der Waals surface area contributed by atoms with Crippen LogP contribution in [0.25, 0.3) is 0 Å². The predicted molar refractivity (Wildman–Crippen MR) is 81.1 cm³/mol. The molecule has 0 heterocycles. The van der Waals surface area contributed by atoms with Crippen LogP contribution in [0.5, 0.6) is 0 Å². The molecule has 0 bridgehead atoms. The normalized spacial score (nSPS) is 13.7. The summed E-state index contributed by atoms with van der Waals surface area (Å²) in [6.45, 7) is 13.5. The number of ether oxygens (including phenoxy) is 1. The van der Waals surface area contributed by atoms with Crippen LogP contribution in [0.3, 0.4) is 0 Å². The summed E-state index contributed by atoms with van der Waals surface area (Å²) in [5, 5.41) is 4.80. The van der Waals surface area contributed by atoms with Crippen LogP contribution in [-0.4, -0.2) is 38.4 Å². The molecule has 19 heavy (non-hydrogen) atoms. The lowest BCUT2D eigenvalue weighted by Crippen LogP contribution is -2.39. The Labute approximate surface area is 118 Å². The standard InChI is InChI=1S/C14H32N4O/c1-12(15)7-18(16)9-14(4,5)11-19-10-13(2,3)8-17-6/h7,17H,8-11,15-16H2,1-6H3/b12-7-. The summed E-state index contributed by atoms with van der Waals surface area (Å²) in [6.07, 6.45) is 1.74. The van der Waals surface area contributed by atoms with Gasteiger partial charge in [0.2, 0.25) is 0 Å². The molecule has 0 saturated heterocycles. The van der Waals surface area contributed by atoms with Crippen LogP contribution < -0.4 is 16.9 Å². The lowest BCUT2D eigenvalue weighted by atomic mass is 9.93. The van der Waals surface area contributed by atoms with Gasteiger partial charge in [-0.3, -0.25) is 0 Å². The molecule has 0 radical (unpaired) electrons. The second kappa shape index (κ2) is 7.72. The molecule has 0 atom stereocenters. The van der Waals surface area contributed by atoms with Gasteiger partial charge in [0, 0.05) is 35.8 Å². The highest BCUT2D eigenvalue weighted by Gasteiger charge is 2.23. The van der Waals surface area contributed by atoms with Crippen molar-refractivity contribution < 1.29 is 4.74 Å². The highest BCUT2D eigenvalue weighted by atomic mass is 16.5. The molecule has 0 saturated carbocycles. The Morgan fingerprint density at radius 2 is 1.74 bits per heavy atom. The van der Waals surface area contributed by atoms with E-state index in [-0.39, 0.29) is 10.8 Å². The van der Waals surface area contributed by atoms with Gasteiger partial charge < -0.3 is 20.8 Å². The molecule has 5 heteroatoms. The zero-order valence-electron chi connectivity index (χ0n) is 13.4. The van der Waals surface area contributed by atoms with Crippen molar-refractivity contribution in [3.8, 4) is 0 Å². The molecule has 0 spiro atoms. The second-order valence-corrected chi connectivity index (χ2v) is 6.90. The van der Waals surface area contributed by atoms with Crippen molar-refractivity contribution in [3.63, 3.8) is 0 Å². The van der Waals surface area contributed by atoms with Crippen LogP contribution in [-0.2, 0) is 4.74 Å². The van der Waals surface area contributed by atoms with E-state index in [1.165, 1.54) is 0 Å². The lowest BCUT2D eigenvalue weighted by Gasteiger charge is -2.31. The molecular formula is C14H32N4O. The fraction of sp³-hybridized carbons (Fsp3) is 0.857. The first-order chi connectivity index (χ1) is 8.58. The van der Waals surface area contributed by atoms with Gasteiger partial charge in [-0.1, -0.05) is 27.7 Å². The molecule has 5 N–H and O–H groups in total. The van der Waals surface area contributed by atoms with Gasteiger partial charge in [0.25, 0.3) is 0 Å². The van der Waals surface area contributed by atoms with E-state index >= 15 is 0 Å². The maximum Gasteiger partial charge on any atom is 0.0534 e. The topological polar surface area (TPSA) is 76.5 Å². The zero-order valence-corrected chi connectivity index (χ0v) is 13.4. The van der Waals surface area contributed by atoms with Gasteiger partial charge in [-0.25, -0.2) is 5.84 Å². The number of nitrogens with two attached hydrogens (primary N) is 2. The molecule has 0 rings (SSSR count). The van der Waals surface area contributed by atoms with Crippen molar-refractivity contribution in [2.24, 2.45) is 22.4 Å². The number of allylic oxidation sites excluding steroid dienone is 1. The summed E-state index contributed by atoms with van der Waals surface area (Å²) in [4.78, 5) is 0. The van der Waals surface area contributed by atoms with Crippen molar-refractivity contribution in [3.05, 3.63) is 11.9 Å². The Hall–Kier alpha value is -0.780. The van der Waals surface area contributed by atoms with Crippen molar-refractivity contribution >= 4 is 0 Å². The minimum atomic E-state index is -0.0174. The Morgan fingerprint density at radius 1 is 1.21 bits per heavy atom. The molecule has 0 aliphatic rings. The Morgan fingerprint density at radius 3 is 2.21 bits per heavy atom. The van der Waals surface area contributed by atoms with E-state index in [2.05, 4.69) is 33.0 Å². The largest absolute Gasteiger partial charge is 0.401 e. The Kier molecular flexibility index (Phi) is 7.41. The minimum absolute atomic E-state index is 0.0174. The maximum absolute atomic E-state index is 5.88. The first-order valence-electron chi connectivity index (χ1n) is 6.76. The second-order valence-electron chi connectivity index (χ2n) is 6.90. The third-order valence-corrected chi connectivity index (χ3v) is 2.62. The fourth-order valence-electron chi connectivity index (χ4n) is 1.98. The minimum Gasteiger partial charge on any atom is -0.401 e. The Bertz CT molecular complexity index is 283. The average molecular weight is 272 g/mol. The summed E-state index contributed by atoms with van der Waals surface area (Å²) in [6, 6.07) is 0. The van der Waals surface area contributed by atoms with Crippen LogP contribution >= 0.6 is 0 Å². The molecule has 0 aliphatic heterocycles. The van der Waals surface area contributed by atoms with Gasteiger partial charge in [0.1, 0.15) is 0 Å².